The fourth-order valence-electron chi connectivity index (χ4n) is 2.18. The Morgan fingerprint density at radius 3 is 2.44 bits per heavy atom. The van der Waals surface area contributed by atoms with Crippen LogP contribution in [0.4, 0.5) is 0 Å². The van der Waals surface area contributed by atoms with Crippen LogP contribution in [0.1, 0.15) is 22.6 Å². The summed E-state index contributed by atoms with van der Waals surface area (Å²) < 4.78 is 30.6. The average molecular weight is 381 g/mol. The Balaban J connectivity index is 2.26. The maximum Gasteiger partial charge on any atom is 0.396 e. The minimum Gasteiger partial charge on any atom is -0.459 e. The van der Waals surface area contributed by atoms with E-state index in [2.05, 4.69) is 10.1 Å². The van der Waals surface area contributed by atoms with Crippen molar-refractivity contribution in [2.24, 2.45) is 0 Å². The van der Waals surface area contributed by atoms with E-state index in [1.165, 1.54) is 11.3 Å². The molecule has 0 spiro atoms. The van der Waals surface area contributed by atoms with E-state index in [0.29, 0.717) is 4.88 Å². The fourth-order valence-corrected chi connectivity index (χ4v) is 4.97. The number of sulfone groups is 1. The molecule has 1 amide bonds. The number of hydrogen-bond donors (Lipinski definition) is 1. The van der Waals surface area contributed by atoms with Crippen molar-refractivity contribution in [3.8, 4) is 0 Å². The van der Waals surface area contributed by atoms with Crippen molar-refractivity contribution in [2.75, 3.05) is 13.2 Å². The summed E-state index contributed by atoms with van der Waals surface area (Å²) in [5, 5.41) is 3.14. The van der Waals surface area contributed by atoms with Gasteiger partial charge in [-0.15, -0.1) is 11.3 Å². The summed E-state index contributed by atoms with van der Waals surface area (Å²) in [7, 11) is -3.73. The first-order valence-electron chi connectivity index (χ1n) is 7.65. The lowest BCUT2D eigenvalue weighted by molar-refractivity contribution is -0.154. The van der Waals surface area contributed by atoms with Gasteiger partial charge in [-0.05, 0) is 37.4 Å². The van der Waals surface area contributed by atoms with Crippen molar-refractivity contribution in [3.05, 3.63) is 52.2 Å². The van der Waals surface area contributed by atoms with Gasteiger partial charge >= 0.3 is 11.9 Å². The molecule has 25 heavy (non-hydrogen) atoms. The lowest BCUT2D eigenvalue weighted by Gasteiger charge is -2.17. The minimum atomic E-state index is -3.73. The number of benzene rings is 1. The largest absolute Gasteiger partial charge is 0.459 e. The van der Waals surface area contributed by atoms with Crippen LogP contribution in [0.2, 0.25) is 0 Å². The summed E-state index contributed by atoms with van der Waals surface area (Å²) in [6.45, 7) is 3.31. The van der Waals surface area contributed by atoms with Gasteiger partial charge in [-0.2, -0.15) is 0 Å². The molecule has 0 saturated carbocycles. The highest BCUT2D eigenvalue weighted by atomic mass is 32.2. The predicted molar refractivity (Wildman–Crippen MR) is 95.1 cm³/mol. The molecule has 0 fully saturated rings. The van der Waals surface area contributed by atoms with Crippen LogP contribution in [0.25, 0.3) is 0 Å². The molecular weight excluding hydrogens is 362 g/mol. The molecule has 2 aromatic rings. The number of thiophene rings is 1. The molecule has 134 valence electrons. The second-order valence-corrected chi connectivity index (χ2v) is 8.40. The smallest absolute Gasteiger partial charge is 0.396 e. The van der Waals surface area contributed by atoms with E-state index in [1.807, 2.05) is 6.92 Å². The third-order valence-electron chi connectivity index (χ3n) is 3.49. The minimum absolute atomic E-state index is 0.0717. The highest BCUT2D eigenvalue weighted by Gasteiger charge is 2.31. The van der Waals surface area contributed by atoms with Crippen molar-refractivity contribution in [2.45, 2.75) is 24.0 Å². The quantitative estimate of drug-likeness (QED) is 0.612. The molecule has 0 unspecified atom stereocenters. The number of hydrogen-bond acceptors (Lipinski definition) is 6. The Hall–Kier alpha value is -2.19. The lowest BCUT2D eigenvalue weighted by atomic mass is 10.2. The van der Waals surface area contributed by atoms with Gasteiger partial charge in [0.15, 0.2) is 9.84 Å². The highest BCUT2D eigenvalue weighted by Crippen LogP contribution is 2.31. The van der Waals surface area contributed by atoms with Crippen molar-refractivity contribution in [3.63, 3.8) is 0 Å². The van der Waals surface area contributed by atoms with Crippen molar-refractivity contribution in [1.82, 2.24) is 5.32 Å². The molecule has 1 heterocycles. The third kappa shape index (κ3) is 4.67. The second kappa shape index (κ2) is 8.26. The molecule has 0 aliphatic rings. The predicted octanol–water partition coefficient (Wildman–Crippen LogP) is 2.25. The Labute approximate surface area is 150 Å². The highest BCUT2D eigenvalue weighted by molar-refractivity contribution is 7.91. The number of esters is 1. The van der Waals surface area contributed by atoms with E-state index >= 15 is 0 Å². The molecule has 0 bridgehead atoms. The zero-order chi connectivity index (χ0) is 18.4. The zero-order valence-corrected chi connectivity index (χ0v) is 15.5. The number of carbonyl (C=O) groups excluding carboxylic acids is 2. The molecule has 0 radical (unpaired) electrons. The summed E-state index contributed by atoms with van der Waals surface area (Å²) in [5.41, 5.74) is 0.947. The molecule has 0 aliphatic carbocycles. The molecule has 1 atom stereocenters. The van der Waals surface area contributed by atoms with Crippen LogP contribution >= 0.6 is 11.3 Å². The van der Waals surface area contributed by atoms with Gasteiger partial charge in [-0.25, -0.2) is 13.2 Å². The molecule has 2 rings (SSSR count). The standard InChI is InChI=1S/C17H19NO5S2/c1-3-23-17(20)16(19)18-11-15(14-5-4-10-24-14)25(21,22)13-8-6-12(2)7-9-13/h4-10,15H,3,11H2,1-2H3,(H,18,19)/t15-/m0/s1. The topological polar surface area (TPSA) is 89.5 Å². The van der Waals surface area contributed by atoms with Gasteiger partial charge in [0.2, 0.25) is 0 Å². The molecular formula is C17H19NO5S2. The maximum atomic E-state index is 13.0. The first kappa shape index (κ1) is 19.1. The first-order chi connectivity index (χ1) is 11.9. The normalized spacial score (nSPS) is 12.4. The molecule has 1 N–H and O–H groups in total. The van der Waals surface area contributed by atoms with Crippen LogP contribution in [0, 0.1) is 6.92 Å². The van der Waals surface area contributed by atoms with Gasteiger partial charge in [0.1, 0.15) is 5.25 Å². The summed E-state index contributed by atoms with van der Waals surface area (Å²) in [4.78, 5) is 23.9. The van der Waals surface area contributed by atoms with Gasteiger partial charge in [0, 0.05) is 11.4 Å². The number of amides is 1. The van der Waals surface area contributed by atoms with Crippen LogP contribution in [0.15, 0.2) is 46.7 Å². The summed E-state index contributed by atoms with van der Waals surface area (Å²) in [5.74, 6) is -1.98. The van der Waals surface area contributed by atoms with Crippen LogP contribution in [-0.4, -0.2) is 33.4 Å². The van der Waals surface area contributed by atoms with Crippen LogP contribution in [0.3, 0.4) is 0 Å². The van der Waals surface area contributed by atoms with E-state index in [1.54, 1.807) is 48.7 Å². The van der Waals surface area contributed by atoms with E-state index in [-0.39, 0.29) is 18.0 Å². The van der Waals surface area contributed by atoms with Crippen LogP contribution in [-0.2, 0) is 24.2 Å². The Kier molecular flexibility index (Phi) is 6.33. The van der Waals surface area contributed by atoms with Crippen molar-refractivity contribution in [1.29, 1.82) is 0 Å². The lowest BCUT2D eigenvalue weighted by Crippen LogP contribution is -2.37. The zero-order valence-electron chi connectivity index (χ0n) is 13.9. The van der Waals surface area contributed by atoms with E-state index in [4.69, 9.17) is 0 Å². The fraction of sp³-hybridized carbons (Fsp3) is 0.294. The van der Waals surface area contributed by atoms with Crippen molar-refractivity contribution >= 4 is 33.1 Å². The summed E-state index contributed by atoms with van der Waals surface area (Å²) >= 11 is 1.28. The summed E-state index contributed by atoms with van der Waals surface area (Å²) in [6, 6.07) is 9.95. The molecule has 6 nitrogen and oxygen atoms in total. The SMILES string of the molecule is CCOC(=O)C(=O)NC[C@@H](c1cccs1)S(=O)(=O)c1ccc(C)cc1. The van der Waals surface area contributed by atoms with E-state index in [0.717, 1.165) is 5.56 Å². The number of carbonyl (C=O) groups is 2. The van der Waals surface area contributed by atoms with Gasteiger partial charge in [0.05, 0.1) is 11.5 Å². The molecule has 1 aromatic carbocycles. The van der Waals surface area contributed by atoms with Gasteiger partial charge in [0.25, 0.3) is 0 Å². The monoisotopic (exact) mass is 381 g/mol. The molecule has 0 saturated heterocycles. The second-order valence-electron chi connectivity index (χ2n) is 5.29. The van der Waals surface area contributed by atoms with E-state index in [9.17, 15) is 18.0 Å². The Morgan fingerprint density at radius 2 is 1.88 bits per heavy atom. The molecule has 8 heteroatoms. The number of nitrogens with one attached hydrogen (secondary N) is 1. The maximum absolute atomic E-state index is 13.0. The van der Waals surface area contributed by atoms with Gasteiger partial charge < -0.3 is 10.1 Å². The number of rotatable bonds is 6. The van der Waals surface area contributed by atoms with Gasteiger partial charge in [-0.1, -0.05) is 23.8 Å². The van der Waals surface area contributed by atoms with Crippen LogP contribution < -0.4 is 5.32 Å². The Morgan fingerprint density at radius 1 is 1.20 bits per heavy atom. The van der Waals surface area contributed by atoms with Crippen LogP contribution in [0.5, 0.6) is 0 Å². The Bertz CT molecular complexity index is 826. The third-order valence-corrected chi connectivity index (χ3v) is 6.73. The number of aryl methyl sites for hydroxylation is 1. The van der Waals surface area contributed by atoms with E-state index < -0.39 is 27.0 Å². The first-order valence-corrected chi connectivity index (χ1v) is 10.1. The van der Waals surface area contributed by atoms with Gasteiger partial charge in [-0.3, -0.25) is 4.79 Å². The molecule has 1 aromatic heterocycles. The number of ether oxygens (including phenoxy) is 1. The van der Waals surface area contributed by atoms with Crippen molar-refractivity contribution < 1.29 is 22.7 Å². The average Bonchev–Trinajstić information content (AvgIpc) is 3.09. The molecule has 0 aliphatic heterocycles. The summed E-state index contributed by atoms with van der Waals surface area (Å²) in [6.07, 6.45) is 0.